The first-order valence-corrected chi connectivity index (χ1v) is 9.62. The van der Waals surface area contributed by atoms with Gasteiger partial charge >= 0.3 is 0 Å². The number of pyridine rings is 1. The SMILES string of the molecule is Cc1nn(C)c(Oc2ccccc2)c1C(=O)N1CCCCC1c1cccnc1. The van der Waals surface area contributed by atoms with Crippen LogP contribution in [-0.2, 0) is 7.05 Å². The van der Waals surface area contributed by atoms with E-state index in [-0.39, 0.29) is 11.9 Å². The smallest absolute Gasteiger partial charge is 0.261 e. The lowest BCUT2D eigenvalue weighted by Gasteiger charge is -2.36. The summed E-state index contributed by atoms with van der Waals surface area (Å²) in [6.45, 7) is 2.58. The number of piperidine rings is 1. The van der Waals surface area contributed by atoms with Crippen molar-refractivity contribution in [3.8, 4) is 11.6 Å². The standard InChI is InChI=1S/C22H24N4O2/c1-16-20(22(25(2)24-16)28-18-10-4-3-5-11-18)21(27)26-14-7-6-12-19(26)17-9-8-13-23-15-17/h3-5,8-11,13,15,19H,6-7,12,14H2,1-2H3. The molecule has 2 aromatic heterocycles. The van der Waals surface area contributed by atoms with E-state index in [1.54, 1.807) is 17.9 Å². The summed E-state index contributed by atoms with van der Waals surface area (Å²) in [5.41, 5.74) is 2.28. The fraction of sp³-hybridized carbons (Fsp3) is 0.318. The van der Waals surface area contributed by atoms with Gasteiger partial charge in [-0.15, -0.1) is 0 Å². The Bertz CT molecular complexity index is 953. The lowest BCUT2D eigenvalue weighted by atomic mass is 9.95. The average molecular weight is 376 g/mol. The maximum Gasteiger partial charge on any atom is 0.261 e. The lowest BCUT2D eigenvalue weighted by Crippen LogP contribution is -2.38. The van der Waals surface area contributed by atoms with Crippen LogP contribution in [-0.4, -0.2) is 32.1 Å². The van der Waals surface area contributed by atoms with Crippen molar-refractivity contribution in [2.24, 2.45) is 7.05 Å². The zero-order valence-corrected chi connectivity index (χ0v) is 16.2. The second kappa shape index (κ2) is 7.84. The van der Waals surface area contributed by atoms with E-state index >= 15 is 0 Å². The van der Waals surface area contributed by atoms with Crippen LogP contribution in [0.3, 0.4) is 0 Å². The van der Waals surface area contributed by atoms with Gasteiger partial charge in [-0.25, -0.2) is 4.68 Å². The molecule has 1 unspecified atom stereocenters. The van der Waals surface area contributed by atoms with Gasteiger partial charge in [0.2, 0.25) is 5.88 Å². The van der Waals surface area contributed by atoms with Gasteiger partial charge in [0.05, 0.1) is 11.7 Å². The molecule has 6 nitrogen and oxygen atoms in total. The molecule has 1 saturated heterocycles. The molecular weight excluding hydrogens is 352 g/mol. The number of carbonyl (C=O) groups is 1. The number of likely N-dealkylation sites (tertiary alicyclic amines) is 1. The predicted octanol–water partition coefficient (Wildman–Crippen LogP) is 4.28. The second-order valence-corrected chi connectivity index (χ2v) is 7.10. The second-order valence-electron chi connectivity index (χ2n) is 7.10. The third kappa shape index (κ3) is 3.50. The quantitative estimate of drug-likeness (QED) is 0.682. The van der Waals surface area contributed by atoms with Crippen LogP contribution in [0.4, 0.5) is 0 Å². The topological polar surface area (TPSA) is 60.3 Å². The Balaban J connectivity index is 1.69. The van der Waals surface area contributed by atoms with Gasteiger partial charge in [-0.2, -0.15) is 5.10 Å². The van der Waals surface area contributed by atoms with Crippen LogP contribution in [0.1, 0.15) is 46.9 Å². The summed E-state index contributed by atoms with van der Waals surface area (Å²) in [5.74, 6) is 1.12. The van der Waals surface area contributed by atoms with E-state index in [1.165, 1.54) is 0 Å². The Morgan fingerprint density at radius 2 is 1.96 bits per heavy atom. The normalized spacial score (nSPS) is 16.8. The molecule has 144 valence electrons. The Kier molecular flexibility index (Phi) is 5.10. The molecule has 0 bridgehead atoms. The maximum atomic E-state index is 13.6. The molecule has 0 N–H and O–H groups in total. The predicted molar refractivity (Wildman–Crippen MR) is 106 cm³/mol. The number of ether oxygens (including phenoxy) is 1. The van der Waals surface area contributed by atoms with E-state index in [4.69, 9.17) is 4.74 Å². The number of benzene rings is 1. The molecule has 3 heterocycles. The highest BCUT2D eigenvalue weighted by atomic mass is 16.5. The fourth-order valence-corrected chi connectivity index (χ4v) is 3.84. The molecular formula is C22H24N4O2. The monoisotopic (exact) mass is 376 g/mol. The maximum absolute atomic E-state index is 13.6. The molecule has 0 saturated carbocycles. The minimum atomic E-state index is -0.0370. The molecule has 3 aromatic rings. The van der Waals surface area contributed by atoms with Crippen LogP contribution in [0, 0.1) is 6.92 Å². The van der Waals surface area contributed by atoms with Crippen molar-refractivity contribution in [3.63, 3.8) is 0 Å². The molecule has 1 amide bonds. The Morgan fingerprint density at radius 3 is 2.71 bits per heavy atom. The lowest BCUT2D eigenvalue weighted by molar-refractivity contribution is 0.0607. The molecule has 6 heteroatoms. The molecule has 1 aromatic carbocycles. The number of hydrogen-bond donors (Lipinski definition) is 0. The third-order valence-corrected chi connectivity index (χ3v) is 5.17. The largest absolute Gasteiger partial charge is 0.438 e. The zero-order chi connectivity index (χ0) is 19.5. The van der Waals surface area contributed by atoms with Gasteiger partial charge in [-0.05, 0) is 49.9 Å². The molecule has 0 radical (unpaired) electrons. The number of aryl methyl sites for hydroxylation is 2. The van der Waals surface area contributed by atoms with Crippen LogP contribution in [0.25, 0.3) is 0 Å². The molecule has 1 fully saturated rings. The van der Waals surface area contributed by atoms with Gasteiger partial charge in [0.1, 0.15) is 11.3 Å². The van der Waals surface area contributed by atoms with E-state index in [0.717, 1.165) is 31.4 Å². The van der Waals surface area contributed by atoms with Crippen LogP contribution >= 0.6 is 0 Å². The van der Waals surface area contributed by atoms with E-state index in [0.29, 0.717) is 22.9 Å². The third-order valence-electron chi connectivity index (χ3n) is 5.17. The summed E-state index contributed by atoms with van der Waals surface area (Å²) in [7, 11) is 1.80. The van der Waals surface area contributed by atoms with Gasteiger partial charge in [0.15, 0.2) is 0 Å². The van der Waals surface area contributed by atoms with Gasteiger partial charge < -0.3 is 9.64 Å². The van der Waals surface area contributed by atoms with Crippen molar-refractivity contribution >= 4 is 5.91 Å². The highest BCUT2D eigenvalue weighted by Gasteiger charge is 2.33. The molecule has 1 atom stereocenters. The molecule has 4 rings (SSSR count). The van der Waals surface area contributed by atoms with Gasteiger partial charge in [0, 0.05) is 26.0 Å². The number of aromatic nitrogens is 3. The minimum Gasteiger partial charge on any atom is -0.438 e. The molecule has 1 aliphatic rings. The van der Waals surface area contributed by atoms with Crippen molar-refractivity contribution < 1.29 is 9.53 Å². The van der Waals surface area contributed by atoms with E-state index < -0.39 is 0 Å². The Labute approximate surface area is 164 Å². The van der Waals surface area contributed by atoms with E-state index in [1.807, 2.05) is 60.5 Å². The van der Waals surface area contributed by atoms with Crippen LogP contribution in [0.2, 0.25) is 0 Å². The van der Waals surface area contributed by atoms with Gasteiger partial charge in [-0.1, -0.05) is 24.3 Å². The van der Waals surface area contributed by atoms with Gasteiger partial charge in [0.25, 0.3) is 5.91 Å². The minimum absolute atomic E-state index is 0.0270. The van der Waals surface area contributed by atoms with E-state index in [2.05, 4.69) is 10.1 Å². The highest BCUT2D eigenvalue weighted by Crippen LogP contribution is 2.35. The van der Waals surface area contributed by atoms with E-state index in [9.17, 15) is 4.79 Å². The fourth-order valence-electron chi connectivity index (χ4n) is 3.84. The summed E-state index contributed by atoms with van der Waals surface area (Å²) in [4.78, 5) is 19.8. The van der Waals surface area contributed by atoms with Crippen LogP contribution in [0.15, 0.2) is 54.9 Å². The first-order valence-electron chi connectivity index (χ1n) is 9.62. The summed E-state index contributed by atoms with van der Waals surface area (Å²) >= 11 is 0. The van der Waals surface area contributed by atoms with Crippen LogP contribution < -0.4 is 4.74 Å². The number of rotatable bonds is 4. The van der Waals surface area contributed by atoms with Crippen molar-refractivity contribution in [3.05, 3.63) is 71.7 Å². The summed E-state index contributed by atoms with van der Waals surface area (Å²) in [6, 6.07) is 13.5. The van der Waals surface area contributed by atoms with Crippen molar-refractivity contribution in [2.75, 3.05) is 6.54 Å². The number of nitrogens with zero attached hydrogens (tertiary/aromatic N) is 4. The number of para-hydroxylation sites is 1. The Morgan fingerprint density at radius 1 is 1.14 bits per heavy atom. The number of carbonyl (C=O) groups excluding carboxylic acids is 1. The molecule has 0 spiro atoms. The molecule has 0 aliphatic carbocycles. The summed E-state index contributed by atoms with van der Waals surface area (Å²) in [6.07, 6.45) is 6.65. The van der Waals surface area contributed by atoms with Crippen molar-refractivity contribution in [2.45, 2.75) is 32.2 Å². The number of amides is 1. The number of hydrogen-bond acceptors (Lipinski definition) is 4. The summed E-state index contributed by atoms with van der Waals surface area (Å²) < 4.78 is 7.69. The average Bonchev–Trinajstić information content (AvgIpc) is 3.02. The molecule has 28 heavy (non-hydrogen) atoms. The first kappa shape index (κ1) is 18.2. The highest BCUT2D eigenvalue weighted by molar-refractivity contribution is 5.98. The van der Waals surface area contributed by atoms with Crippen LogP contribution in [0.5, 0.6) is 11.6 Å². The van der Waals surface area contributed by atoms with Gasteiger partial charge in [-0.3, -0.25) is 9.78 Å². The Hall–Kier alpha value is -3.15. The summed E-state index contributed by atoms with van der Waals surface area (Å²) in [5, 5.41) is 4.45. The van der Waals surface area contributed by atoms with Crippen molar-refractivity contribution in [1.29, 1.82) is 0 Å². The zero-order valence-electron chi connectivity index (χ0n) is 16.2. The van der Waals surface area contributed by atoms with Crippen molar-refractivity contribution in [1.82, 2.24) is 19.7 Å². The first-order chi connectivity index (χ1) is 13.6. The molecule has 1 aliphatic heterocycles.